The maximum Gasteiger partial charge on any atom is 0.255 e. The van der Waals surface area contributed by atoms with Gasteiger partial charge in [-0.25, -0.2) is 0 Å². The number of methoxy groups -OCH3 is 1. The van der Waals surface area contributed by atoms with E-state index in [1.807, 2.05) is 41.3 Å². The molecule has 0 saturated carbocycles. The van der Waals surface area contributed by atoms with Crippen molar-refractivity contribution in [1.29, 1.82) is 0 Å². The zero-order valence-corrected chi connectivity index (χ0v) is 16.8. The van der Waals surface area contributed by atoms with Gasteiger partial charge in [-0.05, 0) is 46.8 Å². The highest BCUT2D eigenvalue weighted by Crippen LogP contribution is 2.19. The second-order valence-electron chi connectivity index (χ2n) is 6.75. The third-order valence-corrected chi connectivity index (χ3v) is 5.31. The summed E-state index contributed by atoms with van der Waals surface area (Å²) in [5.74, 6) is 1.50. The second-order valence-corrected chi connectivity index (χ2v) is 7.16. The molecule has 0 N–H and O–H groups in total. The summed E-state index contributed by atoms with van der Waals surface area (Å²) in [4.78, 5) is 16.8. The molecule has 29 heavy (non-hydrogen) atoms. The Labute approximate surface area is 173 Å². The van der Waals surface area contributed by atoms with E-state index in [9.17, 15) is 4.79 Å². The van der Waals surface area contributed by atoms with Crippen LogP contribution in [0.5, 0.6) is 5.75 Å². The van der Waals surface area contributed by atoms with Gasteiger partial charge in [-0.2, -0.15) is 4.68 Å². The molecule has 0 radical (unpaired) electrons. The Balaban J connectivity index is 1.39. The highest BCUT2D eigenvalue weighted by molar-refractivity contribution is 6.33. The first-order chi connectivity index (χ1) is 14.2. The number of benzene rings is 2. The number of hydrogen-bond donors (Lipinski definition) is 0. The Bertz CT molecular complexity index is 983. The molecule has 0 spiro atoms. The van der Waals surface area contributed by atoms with Gasteiger partial charge in [0.05, 0.1) is 29.9 Å². The number of carbonyl (C=O) groups is 1. The number of ether oxygens (including phenoxy) is 1. The maximum atomic E-state index is 12.7. The van der Waals surface area contributed by atoms with Crippen molar-refractivity contribution in [2.24, 2.45) is 0 Å². The number of halogens is 1. The molecule has 150 valence electrons. The predicted octanol–water partition coefficient (Wildman–Crippen LogP) is 2.28. The third kappa shape index (κ3) is 4.23. The van der Waals surface area contributed by atoms with Crippen LogP contribution in [0.2, 0.25) is 5.02 Å². The van der Waals surface area contributed by atoms with Crippen molar-refractivity contribution in [2.75, 3.05) is 33.3 Å². The molecule has 1 fully saturated rings. The van der Waals surface area contributed by atoms with Crippen molar-refractivity contribution in [1.82, 2.24) is 30.0 Å². The van der Waals surface area contributed by atoms with E-state index in [1.165, 1.54) is 0 Å². The summed E-state index contributed by atoms with van der Waals surface area (Å²) in [6.45, 7) is 3.35. The minimum atomic E-state index is -0.0293. The number of aromatic nitrogens is 4. The molecule has 2 aromatic carbocycles. The first kappa shape index (κ1) is 19.4. The molecule has 0 atom stereocenters. The van der Waals surface area contributed by atoms with Crippen LogP contribution in [0, 0.1) is 0 Å². The Morgan fingerprint density at radius 1 is 1.07 bits per heavy atom. The van der Waals surface area contributed by atoms with Crippen LogP contribution in [0.1, 0.15) is 16.2 Å². The van der Waals surface area contributed by atoms with Crippen molar-refractivity contribution < 1.29 is 9.53 Å². The first-order valence-electron chi connectivity index (χ1n) is 9.33. The summed E-state index contributed by atoms with van der Waals surface area (Å²) in [6.07, 6.45) is 0. The molecule has 3 aromatic rings. The van der Waals surface area contributed by atoms with Crippen LogP contribution in [0.4, 0.5) is 0 Å². The first-order valence-corrected chi connectivity index (χ1v) is 9.71. The lowest BCUT2D eigenvalue weighted by Crippen LogP contribution is -2.48. The lowest BCUT2D eigenvalue weighted by molar-refractivity contribution is 0.0624. The molecule has 1 aliphatic heterocycles. The van der Waals surface area contributed by atoms with Gasteiger partial charge in [0, 0.05) is 26.2 Å². The molecular formula is C20H21ClN6O2. The van der Waals surface area contributed by atoms with Gasteiger partial charge in [0.1, 0.15) is 5.75 Å². The quantitative estimate of drug-likeness (QED) is 0.640. The number of hydrogen-bond acceptors (Lipinski definition) is 6. The number of rotatable bonds is 5. The lowest BCUT2D eigenvalue weighted by Gasteiger charge is -2.34. The van der Waals surface area contributed by atoms with Crippen LogP contribution in [-0.2, 0) is 6.54 Å². The SMILES string of the molecule is COc1ccc(-n2nnnc2CN2CCN(C(=O)c3ccccc3Cl)CC2)cc1. The maximum absolute atomic E-state index is 12.7. The van der Waals surface area contributed by atoms with Crippen LogP contribution in [0.3, 0.4) is 0 Å². The van der Waals surface area contributed by atoms with Gasteiger partial charge in [0.2, 0.25) is 0 Å². The molecule has 2 heterocycles. The van der Waals surface area contributed by atoms with E-state index in [4.69, 9.17) is 16.3 Å². The molecule has 1 amide bonds. The average Bonchev–Trinajstić information content (AvgIpc) is 3.22. The number of piperazine rings is 1. The van der Waals surface area contributed by atoms with E-state index < -0.39 is 0 Å². The minimum absolute atomic E-state index is 0.0293. The molecule has 0 aliphatic carbocycles. The fourth-order valence-corrected chi connectivity index (χ4v) is 3.56. The summed E-state index contributed by atoms with van der Waals surface area (Å²) in [5, 5.41) is 12.6. The van der Waals surface area contributed by atoms with Crippen molar-refractivity contribution in [2.45, 2.75) is 6.54 Å². The second kappa shape index (κ2) is 8.59. The van der Waals surface area contributed by atoms with E-state index in [-0.39, 0.29) is 5.91 Å². The normalized spacial score (nSPS) is 14.8. The molecule has 1 aromatic heterocycles. The van der Waals surface area contributed by atoms with E-state index in [1.54, 1.807) is 23.9 Å². The van der Waals surface area contributed by atoms with Gasteiger partial charge >= 0.3 is 0 Å². The molecule has 1 aliphatic rings. The van der Waals surface area contributed by atoms with Crippen molar-refractivity contribution >= 4 is 17.5 Å². The zero-order valence-electron chi connectivity index (χ0n) is 16.0. The molecule has 8 nitrogen and oxygen atoms in total. The fraction of sp³-hybridized carbons (Fsp3) is 0.300. The molecule has 9 heteroatoms. The standard InChI is InChI=1S/C20H21ClN6O2/c1-29-16-8-6-15(7-9-16)27-19(22-23-24-27)14-25-10-12-26(13-11-25)20(28)17-4-2-3-5-18(17)21/h2-9H,10-14H2,1H3. The highest BCUT2D eigenvalue weighted by atomic mass is 35.5. The fourth-order valence-electron chi connectivity index (χ4n) is 3.34. The van der Waals surface area contributed by atoms with Gasteiger partial charge < -0.3 is 9.64 Å². The molecule has 0 bridgehead atoms. The molecular weight excluding hydrogens is 392 g/mol. The number of tetrazole rings is 1. The minimum Gasteiger partial charge on any atom is -0.497 e. The van der Waals surface area contributed by atoms with Crippen LogP contribution in [0.15, 0.2) is 48.5 Å². The summed E-state index contributed by atoms with van der Waals surface area (Å²) < 4.78 is 6.92. The summed E-state index contributed by atoms with van der Waals surface area (Å²) in [7, 11) is 1.63. The average molecular weight is 413 g/mol. The number of nitrogens with zero attached hydrogens (tertiary/aromatic N) is 6. The Morgan fingerprint density at radius 3 is 2.48 bits per heavy atom. The smallest absolute Gasteiger partial charge is 0.255 e. The number of carbonyl (C=O) groups excluding carboxylic acids is 1. The largest absolute Gasteiger partial charge is 0.497 e. The lowest BCUT2D eigenvalue weighted by atomic mass is 10.2. The van der Waals surface area contributed by atoms with E-state index >= 15 is 0 Å². The Hall–Kier alpha value is -2.97. The molecule has 1 saturated heterocycles. The summed E-state index contributed by atoms with van der Waals surface area (Å²) in [6, 6.07) is 14.7. The van der Waals surface area contributed by atoms with Gasteiger partial charge in [0.15, 0.2) is 5.82 Å². The van der Waals surface area contributed by atoms with Crippen molar-refractivity contribution in [3.8, 4) is 11.4 Å². The van der Waals surface area contributed by atoms with Crippen LogP contribution in [-0.4, -0.2) is 69.2 Å². The van der Waals surface area contributed by atoms with E-state index in [0.29, 0.717) is 30.2 Å². The number of amides is 1. The highest BCUT2D eigenvalue weighted by Gasteiger charge is 2.24. The van der Waals surface area contributed by atoms with Crippen LogP contribution < -0.4 is 4.74 Å². The van der Waals surface area contributed by atoms with Gasteiger partial charge in [-0.3, -0.25) is 9.69 Å². The third-order valence-electron chi connectivity index (χ3n) is 4.98. The van der Waals surface area contributed by atoms with Gasteiger partial charge in [-0.15, -0.1) is 5.10 Å². The Morgan fingerprint density at radius 2 is 1.79 bits per heavy atom. The zero-order chi connectivity index (χ0) is 20.2. The summed E-state index contributed by atoms with van der Waals surface area (Å²) >= 11 is 6.17. The van der Waals surface area contributed by atoms with Crippen LogP contribution in [0.25, 0.3) is 5.69 Å². The predicted molar refractivity (Wildman–Crippen MR) is 108 cm³/mol. The monoisotopic (exact) mass is 412 g/mol. The topological polar surface area (TPSA) is 76.4 Å². The van der Waals surface area contributed by atoms with Gasteiger partial charge in [-0.1, -0.05) is 23.7 Å². The van der Waals surface area contributed by atoms with Crippen LogP contribution >= 0.6 is 11.6 Å². The molecule has 0 unspecified atom stereocenters. The van der Waals surface area contributed by atoms with Crippen molar-refractivity contribution in [3.63, 3.8) is 0 Å². The van der Waals surface area contributed by atoms with E-state index in [0.717, 1.165) is 30.4 Å². The van der Waals surface area contributed by atoms with Gasteiger partial charge in [0.25, 0.3) is 5.91 Å². The Kier molecular flexibility index (Phi) is 5.73. The van der Waals surface area contributed by atoms with Crippen molar-refractivity contribution in [3.05, 3.63) is 64.9 Å². The molecule has 4 rings (SSSR count). The summed E-state index contributed by atoms with van der Waals surface area (Å²) in [5.41, 5.74) is 1.42. The van der Waals surface area contributed by atoms with E-state index in [2.05, 4.69) is 20.4 Å².